The van der Waals surface area contributed by atoms with E-state index < -0.39 is 5.97 Å². The van der Waals surface area contributed by atoms with Crippen LogP contribution in [-0.2, 0) is 20.8 Å². The van der Waals surface area contributed by atoms with Crippen molar-refractivity contribution < 1.29 is 23.8 Å². The summed E-state index contributed by atoms with van der Waals surface area (Å²) in [7, 11) is 3.09. The molecular weight excluding hydrogens is 544 g/mol. The molecule has 0 radical (unpaired) electrons. The quantitative estimate of drug-likeness (QED) is 0.0189. The minimum atomic E-state index is -0.398. The zero-order valence-corrected chi connectivity index (χ0v) is 26.6. The number of nitrogens with one attached hydrogen (secondary N) is 3. The van der Waals surface area contributed by atoms with E-state index in [1.54, 1.807) is 19.5 Å². The van der Waals surface area contributed by atoms with E-state index in [0.29, 0.717) is 24.8 Å². The number of aliphatic hydroxyl groups is 1. The molecule has 1 aromatic heterocycles. The summed E-state index contributed by atoms with van der Waals surface area (Å²) in [6.07, 6.45) is 23.3. The van der Waals surface area contributed by atoms with E-state index in [2.05, 4.69) is 45.8 Å². The lowest BCUT2D eigenvalue weighted by Crippen LogP contribution is -2.18. The van der Waals surface area contributed by atoms with Crippen LogP contribution in [0.2, 0.25) is 0 Å². The second-order valence-electron chi connectivity index (χ2n) is 9.18. The predicted octanol–water partition coefficient (Wildman–Crippen LogP) is 6.38. The van der Waals surface area contributed by atoms with Crippen molar-refractivity contribution in [2.45, 2.75) is 46.6 Å². The summed E-state index contributed by atoms with van der Waals surface area (Å²) in [5, 5.41) is 17.8. The van der Waals surface area contributed by atoms with Crippen LogP contribution in [0.5, 0.6) is 0 Å². The third-order valence-electron chi connectivity index (χ3n) is 6.03. The van der Waals surface area contributed by atoms with Crippen molar-refractivity contribution in [2.75, 3.05) is 40.4 Å². The zero-order chi connectivity index (χ0) is 32.1. The molecule has 0 aliphatic rings. The van der Waals surface area contributed by atoms with E-state index in [9.17, 15) is 4.79 Å². The molecule has 1 rings (SSSR count). The fraction of sp³-hybridized carbons (Fsp3) is 0.412. The summed E-state index contributed by atoms with van der Waals surface area (Å²) in [4.78, 5) is 15.0. The van der Waals surface area contributed by atoms with Crippen molar-refractivity contribution in [3.05, 3.63) is 96.6 Å². The number of furan rings is 1. The number of nitrogens with zero attached hydrogens (tertiary/aromatic N) is 1. The Kier molecular flexibility index (Phi) is 24.0. The van der Waals surface area contributed by atoms with Gasteiger partial charge in [0.15, 0.2) is 0 Å². The summed E-state index contributed by atoms with van der Waals surface area (Å²) in [5.41, 5.74) is 2.15. The van der Waals surface area contributed by atoms with Gasteiger partial charge in [0.25, 0.3) is 0 Å². The van der Waals surface area contributed by atoms with Gasteiger partial charge in [-0.2, -0.15) is 0 Å². The molecular formula is C34H52N4O5. The van der Waals surface area contributed by atoms with Crippen LogP contribution in [0.25, 0.3) is 12.2 Å². The number of methoxy groups -OCH3 is 1. The van der Waals surface area contributed by atoms with Gasteiger partial charge in [-0.05, 0) is 62.8 Å². The Bertz CT molecular complexity index is 1100. The van der Waals surface area contributed by atoms with Gasteiger partial charge in [0.1, 0.15) is 17.3 Å². The van der Waals surface area contributed by atoms with Crippen molar-refractivity contribution in [3.8, 4) is 0 Å². The fourth-order valence-corrected chi connectivity index (χ4v) is 3.55. The molecule has 0 amide bonds. The second kappa shape index (κ2) is 26.6. The van der Waals surface area contributed by atoms with E-state index in [1.807, 2.05) is 56.4 Å². The summed E-state index contributed by atoms with van der Waals surface area (Å²) in [6, 6.07) is 0. The SMILES string of the molecule is C=CCNCc1oc(/C=C\CCN/C=C\O)c(C=C)c1C.C\C=C/C=C(\C=C\C(=O)OC)OCC(CC)CCNC=NC. The molecule has 9 nitrogen and oxygen atoms in total. The first-order valence-corrected chi connectivity index (χ1v) is 14.5. The van der Waals surface area contributed by atoms with Gasteiger partial charge in [-0.3, -0.25) is 4.99 Å². The number of carbonyl (C=O) groups is 1. The minimum absolute atomic E-state index is 0.398. The first kappa shape index (κ1) is 38.8. The smallest absolute Gasteiger partial charge is 0.330 e. The molecule has 1 atom stereocenters. The number of carbonyl (C=O) groups excluding carboxylic acids is 1. The van der Waals surface area contributed by atoms with E-state index >= 15 is 0 Å². The topological polar surface area (TPSA) is 117 Å². The molecule has 0 bridgehead atoms. The molecule has 0 aliphatic heterocycles. The highest BCUT2D eigenvalue weighted by Crippen LogP contribution is 2.24. The number of hydrogen-bond acceptors (Lipinski definition) is 8. The summed E-state index contributed by atoms with van der Waals surface area (Å²) in [5.74, 6) is 2.44. The van der Waals surface area contributed by atoms with E-state index in [4.69, 9.17) is 14.3 Å². The van der Waals surface area contributed by atoms with Crippen molar-refractivity contribution in [1.29, 1.82) is 0 Å². The number of aliphatic hydroxyl groups excluding tert-OH is 1. The minimum Gasteiger partial charge on any atom is -0.514 e. The van der Waals surface area contributed by atoms with Crippen LogP contribution in [0.1, 0.15) is 55.8 Å². The Balaban J connectivity index is 0.000000821. The maximum absolute atomic E-state index is 11.2. The van der Waals surface area contributed by atoms with Gasteiger partial charge in [0, 0.05) is 44.5 Å². The second-order valence-corrected chi connectivity index (χ2v) is 9.18. The van der Waals surface area contributed by atoms with Gasteiger partial charge >= 0.3 is 5.97 Å². The Labute approximate surface area is 258 Å². The third-order valence-corrected chi connectivity index (χ3v) is 6.03. The molecule has 0 saturated heterocycles. The summed E-state index contributed by atoms with van der Waals surface area (Å²) >= 11 is 0. The number of rotatable bonds is 21. The van der Waals surface area contributed by atoms with E-state index in [1.165, 1.54) is 19.4 Å². The number of allylic oxidation sites excluding steroid dienone is 4. The molecule has 43 heavy (non-hydrogen) atoms. The van der Waals surface area contributed by atoms with E-state index in [0.717, 1.165) is 67.8 Å². The number of ether oxygens (including phenoxy) is 2. The average molecular weight is 597 g/mol. The first-order valence-electron chi connectivity index (χ1n) is 14.5. The molecule has 0 spiro atoms. The molecule has 0 aliphatic carbocycles. The monoisotopic (exact) mass is 596 g/mol. The summed E-state index contributed by atoms with van der Waals surface area (Å²) in [6.45, 7) is 17.3. The maximum Gasteiger partial charge on any atom is 0.330 e. The standard InChI is InChI=1S/C17H28N2O3.C17H24N2O2/c1-5-7-8-16(9-10-17(20)21-4)22-13-15(6-2)11-12-19-14-18-3;1-4-9-19-13-17-14(3)15(5-2)16(21-17)8-6-7-10-18-11-12-20/h5,7-10,14-15H,6,11-13H2,1-4H3,(H,18,19);4-6,8,11-12,18-20H,1-2,7,9-10,13H2,3H3/b7-5-,10-9+,16-8+;8-6-,12-11-. The van der Waals surface area contributed by atoms with Crippen LogP contribution >= 0.6 is 0 Å². The molecule has 0 saturated carbocycles. The van der Waals surface area contributed by atoms with Crippen molar-refractivity contribution in [2.24, 2.45) is 10.9 Å². The van der Waals surface area contributed by atoms with Gasteiger partial charge in [-0.15, -0.1) is 6.58 Å². The zero-order valence-electron chi connectivity index (χ0n) is 26.6. The average Bonchev–Trinajstić information content (AvgIpc) is 3.33. The van der Waals surface area contributed by atoms with Crippen LogP contribution in [0.15, 0.2) is 83.3 Å². The van der Waals surface area contributed by atoms with Crippen LogP contribution in [0, 0.1) is 12.8 Å². The molecule has 1 heterocycles. The van der Waals surface area contributed by atoms with Gasteiger partial charge in [0.2, 0.25) is 0 Å². The lowest BCUT2D eigenvalue weighted by atomic mass is 10.0. The molecule has 9 heteroatoms. The highest BCUT2D eigenvalue weighted by atomic mass is 16.5. The molecule has 1 aromatic rings. The lowest BCUT2D eigenvalue weighted by molar-refractivity contribution is -0.134. The molecule has 1 unspecified atom stereocenters. The molecule has 238 valence electrons. The van der Waals surface area contributed by atoms with Gasteiger partial charge in [-0.25, -0.2) is 4.79 Å². The van der Waals surface area contributed by atoms with Gasteiger partial charge in [-0.1, -0.05) is 43.9 Å². The molecule has 4 N–H and O–H groups in total. The Morgan fingerprint density at radius 1 is 1.21 bits per heavy atom. The van der Waals surface area contributed by atoms with Crippen LogP contribution in [-0.4, -0.2) is 57.8 Å². The highest BCUT2D eigenvalue weighted by Gasteiger charge is 2.12. The van der Waals surface area contributed by atoms with Crippen LogP contribution in [0.4, 0.5) is 0 Å². The molecule has 0 fully saturated rings. The van der Waals surface area contributed by atoms with E-state index in [-0.39, 0.29) is 0 Å². The fourth-order valence-electron chi connectivity index (χ4n) is 3.55. The van der Waals surface area contributed by atoms with Crippen molar-refractivity contribution in [3.63, 3.8) is 0 Å². The highest BCUT2D eigenvalue weighted by molar-refractivity contribution is 5.82. The maximum atomic E-state index is 11.2. The predicted molar refractivity (Wildman–Crippen MR) is 180 cm³/mol. The number of hydrogen-bond donors (Lipinski definition) is 4. The summed E-state index contributed by atoms with van der Waals surface area (Å²) < 4.78 is 16.3. The Morgan fingerprint density at radius 3 is 2.63 bits per heavy atom. The lowest BCUT2D eigenvalue weighted by Gasteiger charge is -2.16. The van der Waals surface area contributed by atoms with Crippen molar-refractivity contribution in [1.82, 2.24) is 16.0 Å². The third kappa shape index (κ3) is 18.7. The van der Waals surface area contributed by atoms with Crippen molar-refractivity contribution >= 4 is 24.5 Å². The molecule has 0 aromatic carbocycles. The number of esters is 1. The Morgan fingerprint density at radius 2 is 2.00 bits per heavy atom. The Hall–Kier alpha value is -4.24. The van der Waals surface area contributed by atoms with Gasteiger partial charge in [0.05, 0.1) is 32.9 Å². The first-order chi connectivity index (χ1) is 20.9. The largest absolute Gasteiger partial charge is 0.514 e. The van der Waals surface area contributed by atoms with Crippen LogP contribution in [0.3, 0.4) is 0 Å². The number of aliphatic imine (C=N–C) groups is 1. The van der Waals surface area contributed by atoms with Gasteiger partial charge < -0.3 is 34.9 Å². The normalized spacial score (nSPS) is 12.6. The van der Waals surface area contributed by atoms with Crippen LogP contribution < -0.4 is 16.0 Å².